The first-order valence-electron chi connectivity index (χ1n) is 7.75. The Kier molecular flexibility index (Phi) is 3.71. The minimum absolute atomic E-state index is 0.0903. The van der Waals surface area contributed by atoms with Crippen molar-refractivity contribution in [3.05, 3.63) is 0 Å². The lowest BCUT2D eigenvalue weighted by Gasteiger charge is -2.45. The summed E-state index contributed by atoms with van der Waals surface area (Å²) in [6.07, 6.45) is 6.66. The molecule has 0 radical (unpaired) electrons. The van der Waals surface area contributed by atoms with Gasteiger partial charge in [-0.15, -0.1) is 0 Å². The predicted octanol–water partition coefficient (Wildman–Crippen LogP) is 4.20. The number of rotatable bonds is 3. The number of halogens is 1. The second kappa shape index (κ2) is 4.84. The molecule has 0 aromatic carbocycles. The Labute approximate surface area is 131 Å². The van der Waals surface area contributed by atoms with E-state index in [1.165, 1.54) is 19.3 Å². The molecule has 1 aliphatic heterocycles. The quantitative estimate of drug-likeness (QED) is 0.541. The summed E-state index contributed by atoms with van der Waals surface area (Å²) < 4.78 is 13.4. The number of hydrogen-bond donors (Lipinski definition) is 0. The summed E-state index contributed by atoms with van der Waals surface area (Å²) in [6.45, 7) is 9.16. The standard InChI is InChI=1S/C16H27IO2/c1-14(2)12-4-5-15(14,3)13(10-12)19-16(11-17)6-8-18-9-7-16/h12-13H,4-11H2,1-3H3. The van der Waals surface area contributed by atoms with Crippen molar-refractivity contribution in [1.82, 2.24) is 0 Å². The first-order valence-corrected chi connectivity index (χ1v) is 9.28. The average molecular weight is 378 g/mol. The maximum atomic E-state index is 6.77. The highest BCUT2D eigenvalue weighted by Crippen LogP contribution is 2.66. The van der Waals surface area contributed by atoms with Crippen molar-refractivity contribution < 1.29 is 9.47 Å². The van der Waals surface area contributed by atoms with E-state index in [4.69, 9.17) is 9.47 Å². The lowest BCUT2D eigenvalue weighted by atomic mass is 9.70. The molecule has 3 atom stereocenters. The second-order valence-corrected chi connectivity index (χ2v) is 8.41. The molecular formula is C16H27IO2. The molecule has 3 unspecified atom stereocenters. The van der Waals surface area contributed by atoms with Crippen LogP contribution in [0.4, 0.5) is 0 Å². The molecule has 0 amide bonds. The SMILES string of the molecule is CC1(C)C2CCC1(C)C(OC1(CI)CCOCC1)C2. The van der Waals surface area contributed by atoms with Crippen LogP contribution in [0.5, 0.6) is 0 Å². The summed E-state index contributed by atoms with van der Waals surface area (Å²) >= 11 is 2.51. The molecule has 2 nitrogen and oxygen atoms in total. The van der Waals surface area contributed by atoms with E-state index in [2.05, 4.69) is 43.4 Å². The van der Waals surface area contributed by atoms with E-state index in [1.54, 1.807) is 0 Å². The number of fused-ring (bicyclic) bond motifs is 2. The van der Waals surface area contributed by atoms with E-state index in [0.717, 1.165) is 36.4 Å². The highest BCUT2D eigenvalue weighted by atomic mass is 127. The van der Waals surface area contributed by atoms with Gasteiger partial charge >= 0.3 is 0 Å². The third-order valence-corrected chi connectivity index (χ3v) is 8.14. The van der Waals surface area contributed by atoms with Crippen molar-refractivity contribution in [2.45, 2.75) is 64.6 Å². The number of hydrogen-bond acceptors (Lipinski definition) is 2. The average Bonchev–Trinajstić information content (AvgIpc) is 2.73. The summed E-state index contributed by atoms with van der Waals surface area (Å²) in [6, 6.07) is 0. The Morgan fingerprint density at radius 2 is 1.84 bits per heavy atom. The molecule has 1 saturated heterocycles. The minimum Gasteiger partial charge on any atom is -0.381 e. The summed E-state index contributed by atoms with van der Waals surface area (Å²) in [5.41, 5.74) is 0.928. The summed E-state index contributed by atoms with van der Waals surface area (Å²) in [4.78, 5) is 0. The molecule has 3 aliphatic rings. The third kappa shape index (κ3) is 2.10. The van der Waals surface area contributed by atoms with Gasteiger partial charge in [0.1, 0.15) is 0 Å². The first kappa shape index (κ1) is 14.6. The van der Waals surface area contributed by atoms with Crippen molar-refractivity contribution in [2.75, 3.05) is 17.6 Å². The van der Waals surface area contributed by atoms with E-state index in [0.29, 0.717) is 16.9 Å². The second-order valence-electron chi connectivity index (χ2n) is 7.65. The summed E-state index contributed by atoms with van der Waals surface area (Å²) in [5.74, 6) is 0.869. The minimum atomic E-state index is 0.0903. The maximum absolute atomic E-state index is 6.77. The van der Waals surface area contributed by atoms with Gasteiger partial charge in [0.2, 0.25) is 0 Å². The number of alkyl halides is 1. The van der Waals surface area contributed by atoms with Crippen LogP contribution in [0.3, 0.4) is 0 Å². The summed E-state index contributed by atoms with van der Waals surface area (Å²) in [7, 11) is 0. The van der Waals surface area contributed by atoms with Crippen molar-refractivity contribution in [2.24, 2.45) is 16.7 Å². The third-order valence-electron chi connectivity index (χ3n) is 6.75. The van der Waals surface area contributed by atoms with E-state index in [1.807, 2.05) is 0 Å². The maximum Gasteiger partial charge on any atom is 0.0819 e. The molecular weight excluding hydrogens is 351 g/mol. The lowest BCUT2D eigenvalue weighted by Crippen LogP contribution is -2.48. The van der Waals surface area contributed by atoms with Gasteiger partial charge in [0.05, 0.1) is 11.7 Å². The zero-order valence-corrected chi connectivity index (χ0v) is 14.7. The van der Waals surface area contributed by atoms with Gasteiger partial charge in [-0.3, -0.25) is 0 Å². The zero-order valence-electron chi connectivity index (χ0n) is 12.5. The Morgan fingerprint density at radius 3 is 2.32 bits per heavy atom. The van der Waals surface area contributed by atoms with Gasteiger partial charge < -0.3 is 9.47 Å². The van der Waals surface area contributed by atoms with Crippen LogP contribution in [-0.4, -0.2) is 29.3 Å². The predicted molar refractivity (Wildman–Crippen MR) is 85.8 cm³/mol. The Morgan fingerprint density at radius 1 is 1.16 bits per heavy atom. The fourth-order valence-electron chi connectivity index (χ4n) is 4.64. The number of ether oxygens (including phenoxy) is 2. The van der Waals surface area contributed by atoms with Gasteiger partial charge in [0.15, 0.2) is 0 Å². The van der Waals surface area contributed by atoms with Crippen LogP contribution in [0.1, 0.15) is 52.9 Å². The Bertz CT molecular complexity index is 349. The molecule has 1 heterocycles. The normalized spacial score (nSPS) is 43.6. The molecule has 0 aromatic heterocycles. The largest absolute Gasteiger partial charge is 0.381 e. The molecule has 0 spiro atoms. The van der Waals surface area contributed by atoms with Crippen molar-refractivity contribution in [3.8, 4) is 0 Å². The van der Waals surface area contributed by atoms with Crippen LogP contribution in [-0.2, 0) is 9.47 Å². The highest BCUT2D eigenvalue weighted by molar-refractivity contribution is 14.1. The van der Waals surface area contributed by atoms with E-state index in [9.17, 15) is 0 Å². The Hall–Kier alpha value is 0.650. The molecule has 3 fully saturated rings. The molecule has 3 rings (SSSR count). The molecule has 0 aromatic rings. The van der Waals surface area contributed by atoms with Crippen LogP contribution >= 0.6 is 22.6 Å². The van der Waals surface area contributed by atoms with Gasteiger partial charge in [-0.05, 0) is 36.0 Å². The highest BCUT2D eigenvalue weighted by Gasteiger charge is 2.62. The Balaban J connectivity index is 1.77. The molecule has 110 valence electrons. The van der Waals surface area contributed by atoms with Gasteiger partial charge in [0.25, 0.3) is 0 Å². The van der Waals surface area contributed by atoms with Crippen LogP contribution in [0.2, 0.25) is 0 Å². The van der Waals surface area contributed by atoms with E-state index < -0.39 is 0 Å². The van der Waals surface area contributed by atoms with Crippen LogP contribution in [0.25, 0.3) is 0 Å². The van der Waals surface area contributed by atoms with Crippen molar-refractivity contribution >= 4 is 22.6 Å². The van der Waals surface area contributed by atoms with Crippen LogP contribution in [0.15, 0.2) is 0 Å². The fourth-order valence-corrected chi connectivity index (χ4v) is 5.58. The topological polar surface area (TPSA) is 18.5 Å². The molecule has 2 aliphatic carbocycles. The fraction of sp³-hybridized carbons (Fsp3) is 1.00. The molecule has 2 bridgehead atoms. The van der Waals surface area contributed by atoms with Gasteiger partial charge in [-0.1, -0.05) is 43.4 Å². The first-order chi connectivity index (χ1) is 8.94. The van der Waals surface area contributed by atoms with Crippen LogP contribution in [0, 0.1) is 16.7 Å². The monoisotopic (exact) mass is 378 g/mol. The molecule has 0 N–H and O–H groups in total. The van der Waals surface area contributed by atoms with Crippen molar-refractivity contribution in [1.29, 1.82) is 0 Å². The lowest BCUT2D eigenvalue weighted by molar-refractivity contribution is -0.164. The van der Waals surface area contributed by atoms with Gasteiger partial charge in [-0.25, -0.2) is 0 Å². The van der Waals surface area contributed by atoms with Gasteiger partial charge in [-0.2, -0.15) is 0 Å². The zero-order chi connectivity index (χ0) is 13.7. The smallest absolute Gasteiger partial charge is 0.0819 e. The van der Waals surface area contributed by atoms with Gasteiger partial charge in [0, 0.05) is 30.5 Å². The molecule has 3 heteroatoms. The van der Waals surface area contributed by atoms with E-state index >= 15 is 0 Å². The van der Waals surface area contributed by atoms with Crippen molar-refractivity contribution in [3.63, 3.8) is 0 Å². The van der Waals surface area contributed by atoms with E-state index in [-0.39, 0.29) is 5.60 Å². The summed E-state index contributed by atoms with van der Waals surface area (Å²) in [5, 5.41) is 0. The van der Waals surface area contributed by atoms with Crippen LogP contribution < -0.4 is 0 Å². The molecule has 19 heavy (non-hydrogen) atoms. The molecule has 2 saturated carbocycles.